The topological polar surface area (TPSA) is 26.5 Å². The SMILES string of the molecule is COc1cc(-c2cn3ccccc3n2)ccc1C. The van der Waals surface area contributed by atoms with Gasteiger partial charge in [-0.15, -0.1) is 0 Å². The molecule has 0 spiro atoms. The van der Waals surface area contributed by atoms with Crippen LogP contribution >= 0.6 is 0 Å². The molecule has 0 bridgehead atoms. The lowest BCUT2D eigenvalue weighted by molar-refractivity contribution is 0.412. The van der Waals surface area contributed by atoms with Crippen molar-refractivity contribution in [3.8, 4) is 17.0 Å². The normalized spacial score (nSPS) is 10.8. The molecule has 0 aliphatic carbocycles. The van der Waals surface area contributed by atoms with E-state index < -0.39 is 0 Å². The molecule has 0 aliphatic heterocycles. The summed E-state index contributed by atoms with van der Waals surface area (Å²) >= 11 is 0. The maximum atomic E-state index is 5.35. The van der Waals surface area contributed by atoms with E-state index in [4.69, 9.17) is 4.74 Å². The summed E-state index contributed by atoms with van der Waals surface area (Å²) < 4.78 is 7.36. The smallest absolute Gasteiger partial charge is 0.137 e. The highest BCUT2D eigenvalue weighted by Gasteiger charge is 2.06. The summed E-state index contributed by atoms with van der Waals surface area (Å²) in [5, 5.41) is 0. The Hall–Kier alpha value is -2.29. The van der Waals surface area contributed by atoms with Crippen molar-refractivity contribution in [3.63, 3.8) is 0 Å². The van der Waals surface area contributed by atoms with Crippen LogP contribution in [-0.2, 0) is 0 Å². The summed E-state index contributed by atoms with van der Waals surface area (Å²) in [6, 6.07) is 12.1. The number of rotatable bonds is 2. The van der Waals surface area contributed by atoms with Crippen molar-refractivity contribution >= 4 is 5.65 Å². The molecule has 0 radical (unpaired) electrons. The van der Waals surface area contributed by atoms with E-state index in [2.05, 4.69) is 17.1 Å². The maximum absolute atomic E-state index is 5.35. The molecule has 18 heavy (non-hydrogen) atoms. The van der Waals surface area contributed by atoms with Gasteiger partial charge in [-0.25, -0.2) is 4.98 Å². The second kappa shape index (κ2) is 4.18. The number of benzene rings is 1. The highest BCUT2D eigenvalue weighted by Crippen LogP contribution is 2.26. The van der Waals surface area contributed by atoms with Crippen LogP contribution in [-0.4, -0.2) is 16.5 Å². The third kappa shape index (κ3) is 1.74. The van der Waals surface area contributed by atoms with Crippen LogP contribution in [0.15, 0.2) is 48.8 Å². The number of hydrogen-bond acceptors (Lipinski definition) is 2. The van der Waals surface area contributed by atoms with Gasteiger partial charge in [-0.2, -0.15) is 0 Å². The van der Waals surface area contributed by atoms with E-state index in [-0.39, 0.29) is 0 Å². The Labute approximate surface area is 106 Å². The first kappa shape index (κ1) is 10.8. The van der Waals surface area contributed by atoms with Gasteiger partial charge in [0.15, 0.2) is 0 Å². The van der Waals surface area contributed by atoms with Gasteiger partial charge in [-0.3, -0.25) is 0 Å². The molecule has 2 aromatic heterocycles. The average Bonchev–Trinajstić information content (AvgIpc) is 2.83. The van der Waals surface area contributed by atoms with Gasteiger partial charge in [-0.05, 0) is 30.7 Å². The molecule has 0 amide bonds. The van der Waals surface area contributed by atoms with Gasteiger partial charge in [0.1, 0.15) is 11.4 Å². The van der Waals surface area contributed by atoms with Crippen molar-refractivity contribution < 1.29 is 4.74 Å². The van der Waals surface area contributed by atoms with Crippen molar-refractivity contribution in [2.45, 2.75) is 6.92 Å². The molecule has 0 atom stereocenters. The average molecular weight is 238 g/mol. The minimum atomic E-state index is 0.893. The molecule has 0 saturated heterocycles. The quantitative estimate of drug-likeness (QED) is 0.684. The lowest BCUT2D eigenvalue weighted by Crippen LogP contribution is -1.87. The van der Waals surface area contributed by atoms with Gasteiger partial charge in [0.25, 0.3) is 0 Å². The molecule has 3 aromatic rings. The number of ether oxygens (including phenoxy) is 1. The van der Waals surface area contributed by atoms with E-state index in [1.54, 1.807) is 7.11 Å². The standard InChI is InChI=1S/C15H14N2O/c1-11-6-7-12(9-14(11)18-2)13-10-17-8-4-3-5-15(17)16-13/h3-10H,1-2H3. The minimum absolute atomic E-state index is 0.893. The molecule has 0 N–H and O–H groups in total. The molecule has 0 fully saturated rings. The number of aromatic nitrogens is 2. The Morgan fingerprint density at radius 3 is 2.83 bits per heavy atom. The zero-order valence-electron chi connectivity index (χ0n) is 10.4. The molecule has 1 aromatic carbocycles. The molecule has 3 nitrogen and oxygen atoms in total. The first-order chi connectivity index (χ1) is 8.78. The first-order valence-electron chi connectivity index (χ1n) is 5.86. The molecule has 3 heteroatoms. The molecule has 2 heterocycles. The van der Waals surface area contributed by atoms with Gasteiger partial charge < -0.3 is 9.14 Å². The Morgan fingerprint density at radius 1 is 1.17 bits per heavy atom. The van der Waals surface area contributed by atoms with Crippen LogP contribution in [0.4, 0.5) is 0 Å². The predicted molar refractivity (Wildman–Crippen MR) is 71.9 cm³/mol. The minimum Gasteiger partial charge on any atom is -0.496 e. The molecule has 0 aliphatic rings. The van der Waals surface area contributed by atoms with Crippen molar-refractivity contribution in [2.24, 2.45) is 0 Å². The van der Waals surface area contributed by atoms with Crippen LogP contribution < -0.4 is 4.74 Å². The second-order valence-electron chi connectivity index (χ2n) is 4.28. The summed E-state index contributed by atoms with van der Waals surface area (Å²) in [5.74, 6) is 0.893. The highest BCUT2D eigenvalue weighted by molar-refractivity contribution is 5.65. The van der Waals surface area contributed by atoms with E-state index in [0.717, 1.165) is 28.2 Å². The lowest BCUT2D eigenvalue weighted by Gasteiger charge is -2.05. The fourth-order valence-electron chi connectivity index (χ4n) is 2.05. The van der Waals surface area contributed by atoms with Crippen LogP contribution in [0.3, 0.4) is 0 Å². The van der Waals surface area contributed by atoms with Gasteiger partial charge in [0.2, 0.25) is 0 Å². The molecular formula is C15H14N2O. The number of methoxy groups -OCH3 is 1. The Balaban J connectivity index is 2.13. The van der Waals surface area contributed by atoms with Crippen molar-refractivity contribution in [1.82, 2.24) is 9.38 Å². The van der Waals surface area contributed by atoms with E-state index in [1.807, 2.05) is 48.0 Å². The lowest BCUT2D eigenvalue weighted by atomic mass is 10.1. The van der Waals surface area contributed by atoms with Crippen molar-refractivity contribution in [1.29, 1.82) is 0 Å². The number of imidazole rings is 1. The van der Waals surface area contributed by atoms with E-state index in [1.165, 1.54) is 0 Å². The molecule has 0 saturated carbocycles. The third-order valence-corrected chi connectivity index (χ3v) is 3.07. The zero-order valence-corrected chi connectivity index (χ0v) is 10.4. The number of pyridine rings is 1. The number of aryl methyl sites for hydroxylation is 1. The summed E-state index contributed by atoms with van der Waals surface area (Å²) in [6.45, 7) is 2.03. The Morgan fingerprint density at radius 2 is 2.06 bits per heavy atom. The number of nitrogens with zero attached hydrogens (tertiary/aromatic N) is 2. The van der Waals surface area contributed by atoms with Crippen LogP contribution in [0.2, 0.25) is 0 Å². The van der Waals surface area contributed by atoms with Crippen LogP contribution in [0, 0.1) is 6.92 Å². The van der Waals surface area contributed by atoms with E-state index in [9.17, 15) is 0 Å². The second-order valence-corrected chi connectivity index (χ2v) is 4.28. The van der Waals surface area contributed by atoms with Gasteiger partial charge >= 0.3 is 0 Å². The zero-order chi connectivity index (χ0) is 12.5. The summed E-state index contributed by atoms with van der Waals surface area (Å²) in [7, 11) is 1.69. The summed E-state index contributed by atoms with van der Waals surface area (Å²) in [4.78, 5) is 4.60. The van der Waals surface area contributed by atoms with Gasteiger partial charge in [-0.1, -0.05) is 18.2 Å². The van der Waals surface area contributed by atoms with Crippen LogP contribution in [0.1, 0.15) is 5.56 Å². The number of hydrogen-bond donors (Lipinski definition) is 0. The highest BCUT2D eigenvalue weighted by atomic mass is 16.5. The first-order valence-corrected chi connectivity index (χ1v) is 5.86. The van der Waals surface area contributed by atoms with Crippen molar-refractivity contribution in [3.05, 3.63) is 54.4 Å². The van der Waals surface area contributed by atoms with Gasteiger partial charge in [0, 0.05) is 18.0 Å². The molecule has 3 rings (SSSR count). The maximum Gasteiger partial charge on any atom is 0.137 e. The van der Waals surface area contributed by atoms with Crippen LogP contribution in [0.25, 0.3) is 16.9 Å². The Bertz CT molecular complexity index is 668. The fourth-order valence-corrected chi connectivity index (χ4v) is 2.05. The predicted octanol–water partition coefficient (Wildman–Crippen LogP) is 3.32. The third-order valence-electron chi connectivity index (χ3n) is 3.07. The Kier molecular flexibility index (Phi) is 2.52. The summed E-state index contributed by atoms with van der Waals surface area (Å²) in [5.41, 5.74) is 4.11. The fraction of sp³-hybridized carbons (Fsp3) is 0.133. The van der Waals surface area contributed by atoms with Crippen molar-refractivity contribution in [2.75, 3.05) is 7.11 Å². The monoisotopic (exact) mass is 238 g/mol. The van der Waals surface area contributed by atoms with E-state index in [0.29, 0.717) is 0 Å². The van der Waals surface area contributed by atoms with Crippen LogP contribution in [0.5, 0.6) is 5.75 Å². The van der Waals surface area contributed by atoms with E-state index >= 15 is 0 Å². The molecular weight excluding hydrogens is 224 g/mol. The molecule has 90 valence electrons. The molecule has 0 unspecified atom stereocenters. The number of fused-ring (bicyclic) bond motifs is 1. The van der Waals surface area contributed by atoms with Gasteiger partial charge in [0.05, 0.1) is 12.8 Å². The summed E-state index contributed by atoms with van der Waals surface area (Å²) in [6.07, 6.45) is 4.02. The largest absolute Gasteiger partial charge is 0.496 e.